The SMILES string of the molecule is COc1ccc(Cc2c(C)nc(C3CC3)nc2N2CCN(C(=O)C3CC3)CC2)cc1. The number of carbonyl (C=O) groups excluding carboxylic acids is 1. The minimum atomic E-state index is 0.296. The largest absolute Gasteiger partial charge is 0.497 e. The minimum Gasteiger partial charge on any atom is -0.497 e. The second-order valence-corrected chi connectivity index (χ2v) is 8.86. The molecule has 1 saturated heterocycles. The fourth-order valence-electron chi connectivity index (χ4n) is 4.27. The summed E-state index contributed by atoms with van der Waals surface area (Å²) in [6.07, 6.45) is 5.33. The van der Waals surface area contributed by atoms with Crippen molar-refractivity contribution in [2.45, 2.75) is 44.9 Å². The maximum Gasteiger partial charge on any atom is 0.225 e. The highest BCUT2D eigenvalue weighted by Gasteiger charge is 2.35. The number of methoxy groups -OCH3 is 1. The maximum atomic E-state index is 12.4. The molecule has 1 amide bonds. The summed E-state index contributed by atoms with van der Waals surface area (Å²) in [5.74, 6) is 4.11. The van der Waals surface area contributed by atoms with Crippen LogP contribution in [0.1, 0.15) is 54.2 Å². The molecule has 0 radical (unpaired) electrons. The molecule has 0 unspecified atom stereocenters. The summed E-state index contributed by atoms with van der Waals surface area (Å²) in [6, 6.07) is 8.24. The second kappa shape index (κ2) is 7.89. The molecule has 0 bridgehead atoms. The van der Waals surface area contributed by atoms with Crippen LogP contribution in [-0.4, -0.2) is 54.1 Å². The van der Waals surface area contributed by atoms with Crippen LogP contribution < -0.4 is 9.64 Å². The lowest BCUT2D eigenvalue weighted by Gasteiger charge is -2.36. The lowest BCUT2D eigenvalue weighted by molar-refractivity contribution is -0.132. The van der Waals surface area contributed by atoms with Crippen LogP contribution in [0.25, 0.3) is 0 Å². The van der Waals surface area contributed by atoms with Gasteiger partial charge in [0.25, 0.3) is 0 Å². The summed E-state index contributed by atoms with van der Waals surface area (Å²) in [6.45, 7) is 5.38. The lowest BCUT2D eigenvalue weighted by Crippen LogP contribution is -2.49. The molecule has 6 heteroatoms. The van der Waals surface area contributed by atoms with E-state index >= 15 is 0 Å². The predicted octanol–water partition coefficient (Wildman–Crippen LogP) is 3.32. The Labute approximate surface area is 178 Å². The van der Waals surface area contributed by atoms with Crippen LogP contribution in [0.15, 0.2) is 24.3 Å². The van der Waals surface area contributed by atoms with Gasteiger partial charge in [-0.25, -0.2) is 9.97 Å². The van der Waals surface area contributed by atoms with Gasteiger partial charge in [0.1, 0.15) is 17.4 Å². The average molecular weight is 407 g/mol. The van der Waals surface area contributed by atoms with Gasteiger partial charge in [0.2, 0.25) is 5.91 Å². The van der Waals surface area contributed by atoms with Gasteiger partial charge in [-0.3, -0.25) is 4.79 Å². The van der Waals surface area contributed by atoms with E-state index in [1.54, 1.807) is 7.11 Å². The Bertz CT molecular complexity index is 927. The number of hydrogen-bond acceptors (Lipinski definition) is 5. The first-order valence-electron chi connectivity index (χ1n) is 11.2. The molecule has 158 valence electrons. The number of hydrogen-bond donors (Lipinski definition) is 0. The number of benzene rings is 1. The highest BCUT2D eigenvalue weighted by molar-refractivity contribution is 5.81. The molecule has 5 rings (SSSR count). The van der Waals surface area contributed by atoms with Crippen molar-refractivity contribution in [3.05, 3.63) is 46.9 Å². The molecule has 1 aliphatic heterocycles. The minimum absolute atomic E-state index is 0.296. The summed E-state index contributed by atoms with van der Waals surface area (Å²) in [7, 11) is 1.69. The molecule has 1 aromatic heterocycles. The van der Waals surface area contributed by atoms with Crippen LogP contribution in [0.3, 0.4) is 0 Å². The molecule has 3 fully saturated rings. The van der Waals surface area contributed by atoms with E-state index in [4.69, 9.17) is 14.7 Å². The zero-order valence-electron chi connectivity index (χ0n) is 17.9. The van der Waals surface area contributed by atoms with Gasteiger partial charge in [0.15, 0.2) is 0 Å². The molecule has 2 aliphatic carbocycles. The number of amides is 1. The number of anilines is 1. The maximum absolute atomic E-state index is 12.4. The van der Waals surface area contributed by atoms with Crippen molar-refractivity contribution < 1.29 is 9.53 Å². The number of aryl methyl sites for hydroxylation is 1. The second-order valence-electron chi connectivity index (χ2n) is 8.86. The Hall–Kier alpha value is -2.63. The highest BCUT2D eigenvalue weighted by atomic mass is 16.5. The van der Waals surface area contributed by atoms with Crippen molar-refractivity contribution in [3.63, 3.8) is 0 Å². The summed E-state index contributed by atoms with van der Waals surface area (Å²) < 4.78 is 5.30. The molecule has 0 atom stereocenters. The summed E-state index contributed by atoms with van der Waals surface area (Å²) in [4.78, 5) is 26.8. The van der Waals surface area contributed by atoms with Gasteiger partial charge >= 0.3 is 0 Å². The Balaban J connectivity index is 1.39. The first-order valence-corrected chi connectivity index (χ1v) is 11.2. The van der Waals surface area contributed by atoms with Crippen LogP contribution in [0.5, 0.6) is 5.75 Å². The van der Waals surface area contributed by atoms with E-state index in [0.717, 1.165) is 68.5 Å². The Morgan fingerprint density at radius 2 is 1.73 bits per heavy atom. The van der Waals surface area contributed by atoms with Gasteiger partial charge in [0.05, 0.1) is 7.11 Å². The number of aromatic nitrogens is 2. The molecule has 1 aromatic carbocycles. The van der Waals surface area contributed by atoms with Crippen LogP contribution in [0, 0.1) is 12.8 Å². The standard InChI is InChI=1S/C24H30N4O2/c1-16-21(15-17-3-9-20(30-2)10-4-17)23(26-22(25-16)18-5-6-18)27-11-13-28(14-12-27)24(29)19-7-8-19/h3-4,9-10,18-19H,5-8,11-15H2,1-2H3. The summed E-state index contributed by atoms with van der Waals surface area (Å²) in [5, 5.41) is 0. The number of carbonyl (C=O) groups is 1. The molecule has 2 heterocycles. The number of piperazine rings is 1. The smallest absolute Gasteiger partial charge is 0.225 e. The molecule has 6 nitrogen and oxygen atoms in total. The van der Waals surface area contributed by atoms with Crippen molar-refractivity contribution in [2.75, 3.05) is 38.2 Å². The van der Waals surface area contributed by atoms with Crippen molar-refractivity contribution in [1.29, 1.82) is 0 Å². The average Bonchev–Trinajstić information content (AvgIpc) is 3.67. The van der Waals surface area contributed by atoms with Gasteiger partial charge in [0, 0.05) is 55.7 Å². The van der Waals surface area contributed by atoms with Gasteiger partial charge < -0.3 is 14.5 Å². The van der Waals surface area contributed by atoms with Crippen molar-refractivity contribution >= 4 is 11.7 Å². The summed E-state index contributed by atoms with van der Waals surface area (Å²) in [5.41, 5.74) is 3.51. The number of ether oxygens (including phenoxy) is 1. The zero-order valence-corrected chi connectivity index (χ0v) is 17.9. The van der Waals surface area contributed by atoms with E-state index in [0.29, 0.717) is 17.7 Å². The van der Waals surface area contributed by atoms with Crippen LogP contribution >= 0.6 is 0 Å². The van der Waals surface area contributed by atoms with E-state index in [1.807, 2.05) is 17.0 Å². The lowest BCUT2D eigenvalue weighted by atomic mass is 10.0. The molecule has 2 aromatic rings. The fourth-order valence-corrected chi connectivity index (χ4v) is 4.27. The third-order valence-corrected chi connectivity index (χ3v) is 6.51. The third-order valence-electron chi connectivity index (χ3n) is 6.51. The zero-order chi connectivity index (χ0) is 20.7. The Kier molecular flexibility index (Phi) is 5.09. The molecule has 0 spiro atoms. The van der Waals surface area contributed by atoms with Crippen LogP contribution in [0.4, 0.5) is 5.82 Å². The summed E-state index contributed by atoms with van der Waals surface area (Å²) >= 11 is 0. The quantitative estimate of drug-likeness (QED) is 0.737. The van der Waals surface area contributed by atoms with Crippen LogP contribution in [0.2, 0.25) is 0 Å². The topological polar surface area (TPSA) is 58.6 Å². The normalized spacial score (nSPS) is 19.1. The van der Waals surface area contributed by atoms with Crippen molar-refractivity contribution in [1.82, 2.24) is 14.9 Å². The van der Waals surface area contributed by atoms with Gasteiger partial charge in [-0.2, -0.15) is 0 Å². The number of rotatable bonds is 6. The van der Waals surface area contributed by atoms with E-state index in [2.05, 4.69) is 24.0 Å². The first-order chi connectivity index (χ1) is 14.6. The van der Waals surface area contributed by atoms with Gasteiger partial charge in [-0.1, -0.05) is 12.1 Å². The molecule has 3 aliphatic rings. The third kappa shape index (κ3) is 4.00. The fraction of sp³-hybridized carbons (Fsp3) is 0.542. The van der Waals surface area contributed by atoms with Crippen LogP contribution in [-0.2, 0) is 11.2 Å². The van der Waals surface area contributed by atoms with E-state index < -0.39 is 0 Å². The first kappa shape index (κ1) is 19.3. The molecular weight excluding hydrogens is 376 g/mol. The molecule has 2 saturated carbocycles. The predicted molar refractivity (Wildman–Crippen MR) is 116 cm³/mol. The molecular formula is C24H30N4O2. The Morgan fingerprint density at radius 1 is 1.03 bits per heavy atom. The van der Waals surface area contributed by atoms with Crippen molar-refractivity contribution in [3.8, 4) is 5.75 Å². The van der Waals surface area contributed by atoms with Gasteiger partial charge in [-0.15, -0.1) is 0 Å². The number of nitrogens with zero attached hydrogens (tertiary/aromatic N) is 4. The van der Waals surface area contributed by atoms with Gasteiger partial charge in [-0.05, 0) is 50.3 Å². The molecule has 0 N–H and O–H groups in total. The Morgan fingerprint density at radius 3 is 2.33 bits per heavy atom. The van der Waals surface area contributed by atoms with E-state index in [9.17, 15) is 4.79 Å². The van der Waals surface area contributed by atoms with E-state index in [-0.39, 0.29) is 0 Å². The monoisotopic (exact) mass is 406 g/mol. The highest BCUT2D eigenvalue weighted by Crippen LogP contribution is 2.40. The van der Waals surface area contributed by atoms with Crippen molar-refractivity contribution in [2.24, 2.45) is 5.92 Å². The molecule has 30 heavy (non-hydrogen) atoms. The van der Waals surface area contributed by atoms with E-state index in [1.165, 1.54) is 24.0 Å².